The van der Waals surface area contributed by atoms with Gasteiger partial charge in [0.25, 0.3) is 0 Å². The van der Waals surface area contributed by atoms with Crippen LogP contribution in [0.25, 0.3) is 23.1 Å². The molecule has 6 heteroatoms. The Balaban J connectivity index is 1.83. The predicted molar refractivity (Wildman–Crippen MR) is 123 cm³/mol. The van der Waals surface area contributed by atoms with Gasteiger partial charge in [0.05, 0.1) is 5.56 Å². The second-order valence-corrected chi connectivity index (χ2v) is 7.98. The molecular weight excluding hydrogens is 414 g/mol. The number of ether oxygens (including phenoxy) is 1. The first kappa shape index (κ1) is 21.5. The quantitative estimate of drug-likeness (QED) is 0.380. The molecule has 0 N–H and O–H groups in total. The van der Waals surface area contributed by atoms with Crippen molar-refractivity contribution in [3.8, 4) is 30.0 Å². The van der Waals surface area contributed by atoms with Crippen molar-refractivity contribution >= 4 is 23.1 Å². The molecule has 1 aromatic heterocycles. The molecule has 0 radical (unpaired) electrons. The Morgan fingerprint density at radius 2 is 1.94 bits per heavy atom. The summed E-state index contributed by atoms with van der Waals surface area (Å²) in [7, 11) is 0. The molecule has 2 aromatic rings. The summed E-state index contributed by atoms with van der Waals surface area (Å²) < 4.78 is 11.3. The van der Waals surface area contributed by atoms with Gasteiger partial charge >= 0.3 is 5.63 Å². The van der Waals surface area contributed by atoms with E-state index in [0.29, 0.717) is 16.7 Å². The third-order valence-electron chi connectivity index (χ3n) is 5.38. The molecule has 6 nitrogen and oxygen atoms in total. The molecule has 4 rings (SSSR count). The highest BCUT2D eigenvalue weighted by atomic mass is 16.5. The highest BCUT2D eigenvalue weighted by Crippen LogP contribution is 2.40. The Kier molecular flexibility index (Phi) is 5.46. The van der Waals surface area contributed by atoms with E-state index in [2.05, 4.69) is 17.9 Å². The molecule has 2 heterocycles. The lowest BCUT2D eigenvalue weighted by Crippen LogP contribution is -2.20. The Morgan fingerprint density at radius 1 is 1.15 bits per heavy atom. The molecule has 2 aliphatic rings. The van der Waals surface area contributed by atoms with E-state index in [9.17, 15) is 20.6 Å². The van der Waals surface area contributed by atoms with Gasteiger partial charge in [0.2, 0.25) is 0 Å². The van der Waals surface area contributed by atoms with Crippen molar-refractivity contribution in [3.05, 3.63) is 79.9 Å². The number of hydrogen-bond donors (Lipinski definition) is 0. The minimum atomic E-state index is -0.966. The van der Waals surface area contributed by atoms with Gasteiger partial charge in [-0.05, 0) is 50.1 Å². The SMILES string of the molecule is CC1(C)OC(=C(C#N)C#N)C(C#N)=C1/C=C/c1cc2cc3c(cc2oc1=O)C#CCC/C=C\3. The Morgan fingerprint density at radius 3 is 2.67 bits per heavy atom. The van der Waals surface area contributed by atoms with Crippen molar-refractivity contribution in [1.82, 2.24) is 0 Å². The fourth-order valence-electron chi connectivity index (χ4n) is 3.74. The number of benzene rings is 1. The zero-order chi connectivity index (χ0) is 23.6. The molecule has 0 amide bonds. The van der Waals surface area contributed by atoms with Gasteiger partial charge in [-0.25, -0.2) is 4.79 Å². The van der Waals surface area contributed by atoms with Gasteiger partial charge in [0, 0.05) is 22.9 Å². The van der Waals surface area contributed by atoms with Crippen molar-refractivity contribution in [2.75, 3.05) is 0 Å². The third-order valence-corrected chi connectivity index (χ3v) is 5.38. The number of allylic oxidation sites excluding steroid dienone is 3. The number of fused-ring (bicyclic) bond motifs is 2. The summed E-state index contributed by atoms with van der Waals surface area (Å²) >= 11 is 0. The van der Waals surface area contributed by atoms with Crippen LogP contribution < -0.4 is 5.63 Å². The van der Waals surface area contributed by atoms with Crippen molar-refractivity contribution < 1.29 is 9.15 Å². The number of nitrogens with zero attached hydrogens (tertiary/aromatic N) is 3. The minimum absolute atomic E-state index is 0.0517. The molecule has 0 unspecified atom stereocenters. The van der Waals surface area contributed by atoms with Gasteiger partial charge in [0.1, 0.15) is 35.0 Å². The van der Waals surface area contributed by atoms with Crippen LogP contribution >= 0.6 is 0 Å². The lowest BCUT2D eigenvalue weighted by molar-refractivity contribution is 0.0954. The largest absolute Gasteiger partial charge is 0.480 e. The maximum Gasteiger partial charge on any atom is 0.343 e. The second kappa shape index (κ2) is 8.39. The average Bonchev–Trinajstić information content (AvgIpc) is 3.03. The van der Waals surface area contributed by atoms with Gasteiger partial charge < -0.3 is 9.15 Å². The zero-order valence-corrected chi connectivity index (χ0v) is 18.0. The molecule has 0 spiro atoms. The molecule has 1 aliphatic heterocycles. The van der Waals surface area contributed by atoms with Crippen molar-refractivity contribution in [1.29, 1.82) is 15.8 Å². The fraction of sp³-hybridized carbons (Fsp3) is 0.185. The summed E-state index contributed by atoms with van der Waals surface area (Å²) in [6.45, 7) is 3.44. The summed E-state index contributed by atoms with van der Waals surface area (Å²) in [4.78, 5) is 12.6. The standard InChI is InChI=1S/C27H17N3O3/c1-27(2)23(22(16-30)25(33-27)21(14-28)15-29)10-9-19-12-20-11-17-7-5-3-4-6-8-18(17)13-24(20)32-26(19)31/h5,7,9-13H,3-4H2,1-2H3/b7-5-,10-9+. The van der Waals surface area contributed by atoms with Crippen LogP contribution in [0.1, 0.15) is 43.4 Å². The molecule has 158 valence electrons. The van der Waals surface area contributed by atoms with E-state index >= 15 is 0 Å². The first-order chi connectivity index (χ1) is 15.9. The van der Waals surface area contributed by atoms with Gasteiger partial charge in [-0.2, -0.15) is 15.8 Å². The Bertz CT molecular complexity index is 1550. The Labute approximate surface area is 190 Å². The summed E-state index contributed by atoms with van der Waals surface area (Å²) in [5, 5.41) is 28.8. The van der Waals surface area contributed by atoms with E-state index in [1.54, 1.807) is 50.3 Å². The number of hydrogen-bond acceptors (Lipinski definition) is 6. The second-order valence-electron chi connectivity index (χ2n) is 7.98. The topological polar surface area (TPSA) is 111 Å². The highest BCUT2D eigenvalue weighted by Gasteiger charge is 2.38. The molecule has 0 saturated heterocycles. The minimum Gasteiger partial charge on any atom is -0.480 e. The van der Waals surface area contributed by atoms with Crippen LogP contribution in [0.3, 0.4) is 0 Å². The maximum absolute atomic E-state index is 12.6. The first-order valence-corrected chi connectivity index (χ1v) is 10.2. The third kappa shape index (κ3) is 3.95. The van der Waals surface area contributed by atoms with Crippen molar-refractivity contribution in [3.63, 3.8) is 0 Å². The summed E-state index contributed by atoms with van der Waals surface area (Å²) in [6.07, 6.45) is 8.89. The van der Waals surface area contributed by atoms with Crippen molar-refractivity contribution in [2.24, 2.45) is 0 Å². The van der Waals surface area contributed by atoms with Crippen molar-refractivity contribution in [2.45, 2.75) is 32.3 Å². The Hall–Kier alpha value is -4.78. The zero-order valence-electron chi connectivity index (χ0n) is 18.0. The van der Waals surface area contributed by atoms with Crippen LogP contribution in [-0.2, 0) is 4.74 Å². The average molecular weight is 431 g/mol. The smallest absolute Gasteiger partial charge is 0.343 e. The van der Waals surface area contributed by atoms with E-state index in [1.807, 2.05) is 18.2 Å². The lowest BCUT2D eigenvalue weighted by atomic mass is 9.94. The van der Waals surface area contributed by atoms with Gasteiger partial charge in [-0.1, -0.05) is 30.1 Å². The number of nitriles is 3. The van der Waals surface area contributed by atoms with E-state index < -0.39 is 11.2 Å². The van der Waals surface area contributed by atoms with E-state index in [0.717, 1.165) is 29.4 Å². The summed E-state index contributed by atoms with van der Waals surface area (Å²) in [5.41, 5.74) is 1.27. The van der Waals surface area contributed by atoms with Gasteiger partial charge in [0.15, 0.2) is 11.3 Å². The van der Waals surface area contributed by atoms with Crippen LogP contribution in [0.15, 0.2) is 62.0 Å². The fourth-order valence-corrected chi connectivity index (χ4v) is 3.74. The van der Waals surface area contributed by atoms with E-state index in [4.69, 9.17) is 9.15 Å². The number of rotatable bonds is 2. The highest BCUT2D eigenvalue weighted by molar-refractivity contribution is 5.84. The molecule has 1 aromatic carbocycles. The van der Waals surface area contributed by atoms with Gasteiger partial charge in [-0.15, -0.1) is 0 Å². The molecule has 0 bridgehead atoms. The van der Waals surface area contributed by atoms with E-state index in [1.165, 1.54) is 0 Å². The van der Waals surface area contributed by atoms with Crippen LogP contribution in [0.2, 0.25) is 0 Å². The first-order valence-electron chi connectivity index (χ1n) is 10.2. The molecule has 33 heavy (non-hydrogen) atoms. The molecular formula is C27H17N3O3. The van der Waals surface area contributed by atoms with Gasteiger partial charge in [-0.3, -0.25) is 0 Å². The lowest BCUT2D eigenvalue weighted by Gasteiger charge is -2.20. The molecule has 0 atom stereocenters. The monoisotopic (exact) mass is 431 g/mol. The van der Waals surface area contributed by atoms with Crippen LogP contribution in [0, 0.1) is 45.8 Å². The maximum atomic E-state index is 12.6. The van der Waals surface area contributed by atoms with E-state index in [-0.39, 0.29) is 16.9 Å². The summed E-state index contributed by atoms with van der Waals surface area (Å²) in [5.74, 6) is 6.17. The van der Waals surface area contributed by atoms with Crippen LogP contribution in [0.4, 0.5) is 0 Å². The van der Waals surface area contributed by atoms with Crippen LogP contribution in [0.5, 0.6) is 0 Å². The molecule has 0 saturated carbocycles. The molecule has 1 aliphatic carbocycles. The molecule has 0 fully saturated rings. The summed E-state index contributed by atoms with van der Waals surface area (Å²) in [6, 6.07) is 11.0. The normalized spacial score (nSPS) is 17.0. The van der Waals surface area contributed by atoms with Crippen LogP contribution in [-0.4, -0.2) is 5.60 Å². The predicted octanol–water partition coefficient (Wildman–Crippen LogP) is 4.89.